The molecule has 0 bridgehead atoms. The van der Waals surface area contributed by atoms with E-state index in [0.29, 0.717) is 13.2 Å². The minimum atomic E-state index is -0.104. The lowest BCUT2D eigenvalue weighted by Gasteiger charge is -2.18. The molecule has 2 rings (SSSR count). The van der Waals surface area contributed by atoms with Crippen molar-refractivity contribution >= 4 is 0 Å². The normalized spacial score (nSPS) is 12.6. The maximum atomic E-state index is 5.82. The number of aryl methyl sites for hydroxylation is 1. The highest BCUT2D eigenvalue weighted by molar-refractivity contribution is 5.25. The molecule has 1 heterocycles. The highest BCUT2D eigenvalue weighted by Gasteiger charge is 2.17. The topological polar surface area (TPSA) is 53.1 Å². The predicted molar refractivity (Wildman–Crippen MR) is 66.5 cm³/mol. The average Bonchev–Trinajstić information content (AvgIpc) is 2.78. The molecule has 0 fully saturated rings. The Morgan fingerprint density at radius 3 is 2.65 bits per heavy atom. The summed E-state index contributed by atoms with van der Waals surface area (Å²) in [6.45, 7) is 1.05. The summed E-state index contributed by atoms with van der Waals surface area (Å²) in [5.41, 5.74) is 7.65. The zero-order valence-electron chi connectivity index (χ0n) is 9.91. The molecule has 0 aliphatic heterocycles. The van der Waals surface area contributed by atoms with E-state index in [1.165, 1.54) is 0 Å². The van der Waals surface area contributed by atoms with Gasteiger partial charge in [0.1, 0.15) is 6.10 Å². The van der Waals surface area contributed by atoms with Crippen molar-refractivity contribution in [1.29, 1.82) is 0 Å². The minimum Gasteiger partial charge on any atom is -0.366 e. The summed E-state index contributed by atoms with van der Waals surface area (Å²) in [5, 5.41) is 4.18. The van der Waals surface area contributed by atoms with Gasteiger partial charge in [-0.3, -0.25) is 4.68 Å². The van der Waals surface area contributed by atoms with E-state index in [0.717, 1.165) is 11.3 Å². The Labute approximate surface area is 101 Å². The van der Waals surface area contributed by atoms with Gasteiger partial charge >= 0.3 is 0 Å². The van der Waals surface area contributed by atoms with Gasteiger partial charge in [0, 0.05) is 19.8 Å². The summed E-state index contributed by atoms with van der Waals surface area (Å²) in [4.78, 5) is 0. The molecule has 17 heavy (non-hydrogen) atoms. The van der Waals surface area contributed by atoms with Crippen LogP contribution in [0.15, 0.2) is 42.6 Å². The number of rotatable bonds is 5. The predicted octanol–water partition coefficient (Wildman–Crippen LogP) is 1.48. The van der Waals surface area contributed by atoms with Crippen LogP contribution in [-0.4, -0.2) is 22.9 Å². The third-order valence-electron chi connectivity index (χ3n) is 2.63. The molecular weight excluding hydrogens is 214 g/mol. The molecule has 1 unspecified atom stereocenters. The van der Waals surface area contributed by atoms with Crippen LogP contribution in [0.25, 0.3) is 0 Å². The average molecular weight is 231 g/mol. The fraction of sp³-hybridized carbons (Fsp3) is 0.308. The van der Waals surface area contributed by atoms with Gasteiger partial charge in [0.2, 0.25) is 0 Å². The van der Waals surface area contributed by atoms with E-state index in [2.05, 4.69) is 5.10 Å². The van der Waals surface area contributed by atoms with Crippen LogP contribution in [0.4, 0.5) is 0 Å². The lowest BCUT2D eigenvalue weighted by Crippen LogP contribution is -2.16. The van der Waals surface area contributed by atoms with E-state index in [4.69, 9.17) is 10.5 Å². The van der Waals surface area contributed by atoms with Gasteiger partial charge in [0.05, 0.1) is 12.3 Å². The quantitative estimate of drug-likeness (QED) is 0.848. The highest BCUT2D eigenvalue weighted by Crippen LogP contribution is 2.24. The smallest absolute Gasteiger partial charge is 0.124 e. The van der Waals surface area contributed by atoms with Crippen LogP contribution < -0.4 is 5.73 Å². The first-order valence-corrected chi connectivity index (χ1v) is 5.67. The molecule has 1 atom stereocenters. The molecule has 4 heteroatoms. The van der Waals surface area contributed by atoms with E-state index in [9.17, 15) is 0 Å². The van der Waals surface area contributed by atoms with Gasteiger partial charge in [0.15, 0.2) is 0 Å². The molecule has 2 N–H and O–H groups in total. The second-order valence-electron chi connectivity index (χ2n) is 3.83. The van der Waals surface area contributed by atoms with Crippen molar-refractivity contribution in [3.8, 4) is 0 Å². The summed E-state index contributed by atoms with van der Waals surface area (Å²) >= 11 is 0. The first kappa shape index (κ1) is 11.8. The van der Waals surface area contributed by atoms with Crippen LogP contribution in [0, 0.1) is 0 Å². The van der Waals surface area contributed by atoms with Crippen molar-refractivity contribution in [1.82, 2.24) is 9.78 Å². The third-order valence-corrected chi connectivity index (χ3v) is 2.63. The number of hydrogen-bond donors (Lipinski definition) is 1. The summed E-state index contributed by atoms with van der Waals surface area (Å²) in [6, 6.07) is 12.1. The monoisotopic (exact) mass is 231 g/mol. The van der Waals surface area contributed by atoms with Crippen LogP contribution in [0.5, 0.6) is 0 Å². The number of benzene rings is 1. The van der Waals surface area contributed by atoms with Crippen molar-refractivity contribution in [2.24, 2.45) is 12.8 Å². The largest absolute Gasteiger partial charge is 0.366 e. The second kappa shape index (κ2) is 5.61. The molecule has 0 saturated heterocycles. The van der Waals surface area contributed by atoms with Gasteiger partial charge in [-0.15, -0.1) is 0 Å². The van der Waals surface area contributed by atoms with Crippen LogP contribution in [-0.2, 0) is 11.8 Å². The first-order valence-electron chi connectivity index (χ1n) is 5.67. The summed E-state index contributed by atoms with van der Waals surface area (Å²) in [5.74, 6) is 0. The van der Waals surface area contributed by atoms with Crippen molar-refractivity contribution in [2.45, 2.75) is 6.10 Å². The standard InChI is InChI=1S/C13H17N3O/c1-16-12(7-9-15-16)13(17-10-8-14)11-5-3-2-4-6-11/h2-7,9,13H,8,10,14H2,1H3. The lowest BCUT2D eigenvalue weighted by molar-refractivity contribution is 0.0808. The van der Waals surface area contributed by atoms with E-state index >= 15 is 0 Å². The summed E-state index contributed by atoms with van der Waals surface area (Å²) < 4.78 is 7.64. The number of aromatic nitrogens is 2. The van der Waals surface area contributed by atoms with Crippen LogP contribution in [0.1, 0.15) is 17.4 Å². The SMILES string of the molecule is Cn1nccc1C(OCCN)c1ccccc1. The Hall–Kier alpha value is -1.65. The zero-order chi connectivity index (χ0) is 12.1. The lowest BCUT2D eigenvalue weighted by atomic mass is 10.1. The molecule has 90 valence electrons. The third kappa shape index (κ3) is 2.72. The van der Waals surface area contributed by atoms with Crippen LogP contribution in [0.3, 0.4) is 0 Å². The van der Waals surface area contributed by atoms with Gasteiger partial charge in [0.25, 0.3) is 0 Å². The van der Waals surface area contributed by atoms with Gasteiger partial charge in [-0.2, -0.15) is 5.10 Å². The number of ether oxygens (including phenoxy) is 1. The fourth-order valence-electron chi connectivity index (χ4n) is 1.81. The number of nitrogens with two attached hydrogens (primary N) is 1. The number of nitrogens with zero attached hydrogens (tertiary/aromatic N) is 2. The Balaban J connectivity index is 2.29. The van der Waals surface area contributed by atoms with Crippen molar-refractivity contribution < 1.29 is 4.74 Å². The van der Waals surface area contributed by atoms with Crippen LogP contribution >= 0.6 is 0 Å². The van der Waals surface area contributed by atoms with Crippen molar-refractivity contribution in [2.75, 3.05) is 13.2 Å². The molecule has 0 saturated carbocycles. The Kier molecular flexibility index (Phi) is 3.90. The van der Waals surface area contributed by atoms with Gasteiger partial charge in [-0.25, -0.2) is 0 Å². The van der Waals surface area contributed by atoms with E-state index < -0.39 is 0 Å². The van der Waals surface area contributed by atoms with Crippen molar-refractivity contribution in [3.05, 3.63) is 53.9 Å². The van der Waals surface area contributed by atoms with Gasteiger partial charge in [-0.05, 0) is 11.6 Å². The molecule has 0 spiro atoms. The summed E-state index contributed by atoms with van der Waals surface area (Å²) in [7, 11) is 1.91. The fourth-order valence-corrected chi connectivity index (χ4v) is 1.81. The van der Waals surface area contributed by atoms with E-state index in [1.807, 2.05) is 48.1 Å². The molecule has 4 nitrogen and oxygen atoms in total. The van der Waals surface area contributed by atoms with Gasteiger partial charge in [-0.1, -0.05) is 30.3 Å². The van der Waals surface area contributed by atoms with Gasteiger partial charge < -0.3 is 10.5 Å². The van der Waals surface area contributed by atoms with Crippen LogP contribution in [0.2, 0.25) is 0 Å². The Morgan fingerprint density at radius 2 is 2.06 bits per heavy atom. The second-order valence-corrected chi connectivity index (χ2v) is 3.83. The molecule has 2 aromatic rings. The minimum absolute atomic E-state index is 0.104. The maximum absolute atomic E-state index is 5.82. The molecule has 0 aliphatic rings. The molecular formula is C13H17N3O. The Bertz CT molecular complexity index is 453. The highest BCUT2D eigenvalue weighted by atomic mass is 16.5. The maximum Gasteiger partial charge on any atom is 0.124 e. The Morgan fingerprint density at radius 1 is 1.29 bits per heavy atom. The molecule has 1 aromatic heterocycles. The summed E-state index contributed by atoms with van der Waals surface area (Å²) in [6.07, 6.45) is 1.67. The number of hydrogen-bond acceptors (Lipinski definition) is 3. The zero-order valence-corrected chi connectivity index (χ0v) is 9.91. The molecule has 0 radical (unpaired) electrons. The van der Waals surface area contributed by atoms with E-state index in [1.54, 1.807) is 6.20 Å². The molecule has 0 amide bonds. The molecule has 1 aromatic carbocycles. The van der Waals surface area contributed by atoms with Crippen molar-refractivity contribution in [3.63, 3.8) is 0 Å². The van der Waals surface area contributed by atoms with E-state index in [-0.39, 0.29) is 6.10 Å². The first-order chi connectivity index (χ1) is 8.33. The molecule has 0 aliphatic carbocycles.